The minimum Gasteiger partial charge on any atom is -0.480 e. The van der Waals surface area contributed by atoms with E-state index in [9.17, 15) is 9.59 Å². The van der Waals surface area contributed by atoms with Crippen molar-refractivity contribution in [3.8, 4) is 0 Å². The van der Waals surface area contributed by atoms with Crippen molar-refractivity contribution < 1.29 is 19.4 Å². The number of carboxylic acids is 1. The summed E-state index contributed by atoms with van der Waals surface area (Å²) in [5.74, 6) is -0.486. The second-order valence-electron chi connectivity index (χ2n) is 4.95. The summed E-state index contributed by atoms with van der Waals surface area (Å²) in [6, 6.07) is -0.658. The van der Waals surface area contributed by atoms with E-state index >= 15 is 0 Å². The van der Waals surface area contributed by atoms with Crippen LogP contribution in [0.15, 0.2) is 0 Å². The highest BCUT2D eigenvalue weighted by atomic mass is 16.5. The Morgan fingerprint density at radius 3 is 2.71 bits per heavy atom. The zero-order chi connectivity index (χ0) is 12.4. The van der Waals surface area contributed by atoms with Crippen molar-refractivity contribution in [1.29, 1.82) is 0 Å². The number of amides is 1. The molecule has 0 aromatic rings. The van der Waals surface area contributed by atoms with Crippen LogP contribution in [0.5, 0.6) is 0 Å². The van der Waals surface area contributed by atoms with Crippen LogP contribution in [0, 0.1) is 5.92 Å². The third-order valence-corrected chi connectivity index (χ3v) is 3.45. The first-order chi connectivity index (χ1) is 8.09. The zero-order valence-corrected chi connectivity index (χ0v) is 10.1. The summed E-state index contributed by atoms with van der Waals surface area (Å²) in [6.07, 6.45) is 3.16. The molecule has 2 rings (SSSR count). The molecule has 1 saturated carbocycles. The third kappa shape index (κ3) is 2.97. The molecule has 1 heterocycles. The first-order valence-electron chi connectivity index (χ1n) is 6.24. The van der Waals surface area contributed by atoms with Gasteiger partial charge in [0.1, 0.15) is 12.1 Å². The fraction of sp³-hybridized carbons (Fsp3) is 0.833. The molecule has 1 amide bonds. The molecule has 0 aromatic heterocycles. The molecular weight excluding hydrogens is 222 g/mol. The minimum absolute atomic E-state index is 0.185. The van der Waals surface area contributed by atoms with Gasteiger partial charge in [0, 0.05) is 6.54 Å². The highest BCUT2D eigenvalue weighted by Gasteiger charge is 2.36. The number of likely N-dealkylation sites (tertiary alicyclic amines) is 1. The van der Waals surface area contributed by atoms with Crippen molar-refractivity contribution in [2.24, 2.45) is 5.92 Å². The van der Waals surface area contributed by atoms with Gasteiger partial charge in [0.05, 0.1) is 6.61 Å². The lowest BCUT2D eigenvalue weighted by molar-refractivity contribution is -0.153. The largest absolute Gasteiger partial charge is 0.480 e. The zero-order valence-electron chi connectivity index (χ0n) is 10.1. The maximum absolute atomic E-state index is 12.0. The number of aliphatic carboxylic acids is 1. The number of hydrogen-bond acceptors (Lipinski definition) is 3. The van der Waals surface area contributed by atoms with Crippen LogP contribution in [0.4, 0.5) is 0 Å². The molecule has 0 unspecified atom stereocenters. The predicted molar refractivity (Wildman–Crippen MR) is 60.5 cm³/mol. The van der Waals surface area contributed by atoms with Crippen LogP contribution < -0.4 is 0 Å². The average molecular weight is 241 g/mol. The number of hydrogen-bond donors (Lipinski definition) is 1. The van der Waals surface area contributed by atoms with Crippen LogP contribution in [-0.4, -0.2) is 47.2 Å². The fourth-order valence-electron chi connectivity index (χ4n) is 2.16. The molecule has 5 heteroatoms. The topological polar surface area (TPSA) is 66.8 Å². The summed E-state index contributed by atoms with van der Waals surface area (Å²) in [5.41, 5.74) is 0. The smallest absolute Gasteiger partial charge is 0.326 e. The molecule has 5 nitrogen and oxygen atoms in total. The molecule has 2 fully saturated rings. The van der Waals surface area contributed by atoms with E-state index in [1.807, 2.05) is 0 Å². The van der Waals surface area contributed by atoms with Gasteiger partial charge in [-0.25, -0.2) is 4.79 Å². The molecule has 0 bridgehead atoms. The summed E-state index contributed by atoms with van der Waals surface area (Å²) in [7, 11) is 0. The lowest BCUT2D eigenvalue weighted by Gasteiger charge is -2.24. The Balaban J connectivity index is 1.86. The van der Waals surface area contributed by atoms with Gasteiger partial charge in [-0.05, 0) is 38.5 Å². The predicted octanol–water partition coefficient (Wildman–Crippen LogP) is 0.877. The first-order valence-corrected chi connectivity index (χ1v) is 6.24. The molecule has 1 aliphatic heterocycles. The lowest BCUT2D eigenvalue weighted by atomic mass is 10.2. The van der Waals surface area contributed by atoms with E-state index in [1.54, 1.807) is 6.92 Å². The molecule has 2 aliphatic rings. The molecule has 17 heavy (non-hydrogen) atoms. The Labute approximate surface area is 101 Å². The Kier molecular flexibility index (Phi) is 3.66. The van der Waals surface area contributed by atoms with E-state index in [0.29, 0.717) is 25.5 Å². The van der Waals surface area contributed by atoms with Crippen molar-refractivity contribution in [2.75, 3.05) is 13.2 Å². The highest BCUT2D eigenvalue weighted by Crippen LogP contribution is 2.29. The minimum atomic E-state index is -0.912. The average Bonchev–Trinajstić information content (AvgIpc) is 2.99. The monoisotopic (exact) mass is 241 g/mol. The number of ether oxygens (including phenoxy) is 1. The first kappa shape index (κ1) is 12.4. The van der Waals surface area contributed by atoms with Crippen LogP contribution in [0.25, 0.3) is 0 Å². The van der Waals surface area contributed by atoms with Crippen molar-refractivity contribution in [1.82, 2.24) is 4.90 Å². The Morgan fingerprint density at radius 2 is 2.12 bits per heavy atom. The van der Waals surface area contributed by atoms with Crippen LogP contribution >= 0.6 is 0 Å². The van der Waals surface area contributed by atoms with E-state index in [1.165, 1.54) is 17.7 Å². The highest BCUT2D eigenvalue weighted by molar-refractivity contribution is 5.86. The molecule has 1 N–H and O–H groups in total. The number of nitrogens with zero attached hydrogens (tertiary/aromatic N) is 1. The van der Waals surface area contributed by atoms with Crippen LogP contribution in [0.1, 0.15) is 32.6 Å². The SMILES string of the molecule is C[C@H](OCC1CC1)C(=O)N1CCC[C@@H]1C(=O)O. The molecule has 96 valence electrons. The third-order valence-electron chi connectivity index (χ3n) is 3.45. The van der Waals surface area contributed by atoms with Gasteiger partial charge < -0.3 is 14.7 Å². The van der Waals surface area contributed by atoms with Gasteiger partial charge in [0.15, 0.2) is 0 Å². The number of carboxylic acid groups (broad SMARTS) is 1. The molecule has 0 aromatic carbocycles. The van der Waals surface area contributed by atoms with Crippen LogP contribution in [0.3, 0.4) is 0 Å². The van der Waals surface area contributed by atoms with Gasteiger partial charge in [0.2, 0.25) is 0 Å². The summed E-state index contributed by atoms with van der Waals surface area (Å²) < 4.78 is 5.48. The lowest BCUT2D eigenvalue weighted by Crippen LogP contribution is -2.45. The molecular formula is C12H19NO4. The summed E-state index contributed by atoms with van der Waals surface area (Å²) in [4.78, 5) is 24.5. The van der Waals surface area contributed by atoms with Crippen molar-refractivity contribution in [3.05, 3.63) is 0 Å². The molecule has 0 spiro atoms. The summed E-state index contributed by atoms with van der Waals surface area (Å²) >= 11 is 0. The Morgan fingerprint density at radius 1 is 1.41 bits per heavy atom. The molecule has 2 atom stereocenters. The van der Waals surface area contributed by atoms with E-state index in [-0.39, 0.29) is 5.91 Å². The van der Waals surface area contributed by atoms with Gasteiger partial charge in [-0.3, -0.25) is 4.79 Å². The molecule has 1 saturated heterocycles. The Hall–Kier alpha value is -1.10. The van der Waals surface area contributed by atoms with Gasteiger partial charge in [0.25, 0.3) is 5.91 Å². The van der Waals surface area contributed by atoms with Crippen molar-refractivity contribution >= 4 is 11.9 Å². The maximum Gasteiger partial charge on any atom is 0.326 e. The van der Waals surface area contributed by atoms with E-state index in [0.717, 1.165) is 6.42 Å². The number of carbonyl (C=O) groups excluding carboxylic acids is 1. The van der Waals surface area contributed by atoms with Crippen molar-refractivity contribution in [3.63, 3.8) is 0 Å². The van der Waals surface area contributed by atoms with Gasteiger partial charge in [-0.1, -0.05) is 0 Å². The molecule has 1 aliphatic carbocycles. The molecule has 0 radical (unpaired) electrons. The summed E-state index contributed by atoms with van der Waals surface area (Å²) in [6.45, 7) is 2.87. The van der Waals surface area contributed by atoms with Crippen LogP contribution in [0.2, 0.25) is 0 Å². The van der Waals surface area contributed by atoms with Crippen LogP contribution in [-0.2, 0) is 14.3 Å². The van der Waals surface area contributed by atoms with Crippen molar-refractivity contribution in [2.45, 2.75) is 44.8 Å². The van der Waals surface area contributed by atoms with E-state index < -0.39 is 18.1 Å². The fourth-order valence-corrected chi connectivity index (χ4v) is 2.16. The van der Waals surface area contributed by atoms with Gasteiger partial charge in [-0.2, -0.15) is 0 Å². The van der Waals surface area contributed by atoms with E-state index in [4.69, 9.17) is 9.84 Å². The maximum atomic E-state index is 12.0. The summed E-state index contributed by atoms with van der Waals surface area (Å²) in [5, 5.41) is 9.01. The quantitative estimate of drug-likeness (QED) is 0.775. The second kappa shape index (κ2) is 5.04. The standard InChI is InChI=1S/C12H19NO4/c1-8(17-7-9-4-5-9)11(14)13-6-2-3-10(13)12(15)16/h8-10H,2-7H2,1H3,(H,15,16)/t8-,10+/m0/s1. The van der Waals surface area contributed by atoms with Gasteiger partial charge >= 0.3 is 5.97 Å². The van der Waals surface area contributed by atoms with Gasteiger partial charge in [-0.15, -0.1) is 0 Å². The number of rotatable bonds is 5. The number of carbonyl (C=O) groups is 2. The normalized spacial score (nSPS) is 25.9. The second-order valence-corrected chi connectivity index (χ2v) is 4.95. The Bertz CT molecular complexity index is 314. The van der Waals surface area contributed by atoms with E-state index in [2.05, 4.69) is 0 Å².